The van der Waals surface area contributed by atoms with Crippen molar-refractivity contribution in [3.63, 3.8) is 0 Å². The second-order valence-corrected chi connectivity index (χ2v) is 11.1. The van der Waals surface area contributed by atoms with Gasteiger partial charge in [0.2, 0.25) is 5.91 Å². The maximum atomic E-state index is 13.5. The molecule has 5 rings (SSSR count). The van der Waals surface area contributed by atoms with Gasteiger partial charge in [0.15, 0.2) is 5.82 Å². The molecule has 226 valence electrons. The van der Waals surface area contributed by atoms with E-state index >= 15 is 0 Å². The molecule has 13 nitrogen and oxygen atoms in total. The van der Waals surface area contributed by atoms with Crippen molar-refractivity contribution in [1.29, 1.82) is 5.26 Å². The molecule has 0 radical (unpaired) electrons. The van der Waals surface area contributed by atoms with Crippen LogP contribution in [-0.2, 0) is 14.3 Å². The lowest BCUT2D eigenvalue weighted by atomic mass is 10.1. The number of nitrogens with one attached hydrogen (secondary N) is 1. The van der Waals surface area contributed by atoms with Crippen LogP contribution in [0.1, 0.15) is 36.7 Å². The van der Waals surface area contributed by atoms with Crippen molar-refractivity contribution in [2.45, 2.75) is 32.2 Å². The number of carbonyl (C=O) groups is 4. The van der Waals surface area contributed by atoms with Gasteiger partial charge >= 0.3 is 12.1 Å². The number of carboxylic acid groups (broad SMARTS) is 1. The van der Waals surface area contributed by atoms with Crippen LogP contribution < -0.4 is 10.2 Å². The summed E-state index contributed by atoms with van der Waals surface area (Å²) in [6.07, 6.45) is 1.05. The lowest BCUT2D eigenvalue weighted by molar-refractivity contribution is -0.139. The van der Waals surface area contributed by atoms with E-state index in [9.17, 15) is 29.5 Å². The second kappa shape index (κ2) is 13.1. The Morgan fingerprint density at radius 3 is 2.37 bits per heavy atom. The number of nitriles is 1. The van der Waals surface area contributed by atoms with Gasteiger partial charge in [0, 0.05) is 50.9 Å². The van der Waals surface area contributed by atoms with E-state index in [2.05, 4.69) is 15.3 Å². The Labute approximate surface area is 249 Å². The summed E-state index contributed by atoms with van der Waals surface area (Å²) in [7, 11) is 0. The minimum atomic E-state index is -1.10. The molecule has 3 amide bonds. The summed E-state index contributed by atoms with van der Waals surface area (Å²) in [5, 5.41) is 21.5. The Balaban J connectivity index is 1.28. The highest BCUT2D eigenvalue weighted by atomic mass is 16.6. The van der Waals surface area contributed by atoms with Crippen molar-refractivity contribution in [3.05, 3.63) is 42.1 Å². The first kappa shape index (κ1) is 29.8. The number of rotatable bonds is 10. The van der Waals surface area contributed by atoms with E-state index < -0.39 is 29.9 Å². The summed E-state index contributed by atoms with van der Waals surface area (Å²) < 4.78 is 5.26. The first-order valence-corrected chi connectivity index (χ1v) is 14.6. The number of anilines is 1. The van der Waals surface area contributed by atoms with E-state index in [1.54, 1.807) is 11.0 Å². The molecule has 0 unspecified atom stereocenters. The molecule has 3 heterocycles. The summed E-state index contributed by atoms with van der Waals surface area (Å²) >= 11 is 0. The first-order chi connectivity index (χ1) is 20.8. The molecule has 2 aliphatic heterocycles. The second-order valence-electron chi connectivity index (χ2n) is 11.1. The fourth-order valence-corrected chi connectivity index (χ4v) is 5.76. The van der Waals surface area contributed by atoms with Crippen LogP contribution in [0, 0.1) is 29.1 Å². The third-order valence-corrected chi connectivity index (χ3v) is 8.25. The summed E-state index contributed by atoms with van der Waals surface area (Å²) in [5.41, 5.74) is 0.733. The molecule has 3 fully saturated rings. The fourth-order valence-electron chi connectivity index (χ4n) is 5.76. The highest BCUT2D eigenvalue weighted by Gasteiger charge is 2.60. The van der Waals surface area contributed by atoms with E-state index in [0.29, 0.717) is 50.0 Å². The fraction of sp³-hybridized carbons (Fsp3) is 0.500. The molecule has 1 aliphatic carbocycles. The average molecular weight is 590 g/mol. The molecule has 2 N–H and O–H groups in total. The molecule has 3 aliphatic rings. The van der Waals surface area contributed by atoms with Crippen molar-refractivity contribution >= 4 is 29.7 Å². The van der Waals surface area contributed by atoms with Crippen LogP contribution in [0.15, 0.2) is 36.4 Å². The maximum absolute atomic E-state index is 13.5. The summed E-state index contributed by atoms with van der Waals surface area (Å²) in [6.45, 7) is 4.48. The number of ether oxygens (including phenoxy) is 1. The van der Waals surface area contributed by atoms with Crippen molar-refractivity contribution in [2.75, 3.05) is 50.8 Å². The molecular formula is C30H35N7O6. The van der Waals surface area contributed by atoms with Gasteiger partial charge in [-0.25, -0.2) is 14.8 Å². The molecule has 1 saturated carbocycles. The minimum Gasteiger partial charge on any atom is -0.481 e. The Morgan fingerprint density at radius 2 is 1.74 bits per heavy atom. The van der Waals surface area contributed by atoms with Crippen LogP contribution in [0.25, 0.3) is 11.4 Å². The first-order valence-electron chi connectivity index (χ1n) is 14.6. The number of aliphatic carboxylic acids is 1. The number of carboxylic acids is 1. The van der Waals surface area contributed by atoms with Gasteiger partial charge < -0.3 is 29.9 Å². The molecule has 0 spiro atoms. The third kappa shape index (κ3) is 6.69. The topological polar surface area (TPSA) is 169 Å². The molecule has 1 aromatic carbocycles. The number of nitrogens with zero attached hydrogens (tertiary/aromatic N) is 6. The van der Waals surface area contributed by atoms with Gasteiger partial charge in [-0.1, -0.05) is 43.7 Å². The number of carbonyl (C=O) groups excluding carboxylic acids is 3. The quantitative estimate of drug-likeness (QED) is 0.391. The SMILES string of the molecule is CCCCOC(=O)N1CCN(C(=O)[C@H](CC#N)NC(=O)c2cc(N3C[C@@H]4[C@H](C3)[C@@H]4C(=O)O)nc(-c3ccccc3)n2)CC1. The summed E-state index contributed by atoms with van der Waals surface area (Å²) in [5.74, 6) is -1.26. The van der Waals surface area contributed by atoms with Crippen LogP contribution in [0.2, 0.25) is 0 Å². The highest BCUT2D eigenvalue weighted by Crippen LogP contribution is 2.52. The number of fused-ring (bicyclic) bond motifs is 1. The van der Waals surface area contributed by atoms with E-state index in [-0.39, 0.29) is 43.0 Å². The van der Waals surface area contributed by atoms with Gasteiger partial charge in [0.05, 0.1) is 25.0 Å². The predicted molar refractivity (Wildman–Crippen MR) is 154 cm³/mol. The number of benzene rings is 1. The zero-order valence-corrected chi connectivity index (χ0v) is 24.0. The highest BCUT2D eigenvalue weighted by molar-refractivity contribution is 5.97. The smallest absolute Gasteiger partial charge is 0.409 e. The normalized spacial score (nSPS) is 21.4. The number of piperidine rings is 1. The van der Waals surface area contributed by atoms with Crippen LogP contribution in [0.3, 0.4) is 0 Å². The lowest BCUT2D eigenvalue weighted by Crippen LogP contribution is -2.56. The van der Waals surface area contributed by atoms with Crippen molar-refractivity contribution in [3.8, 4) is 17.5 Å². The standard InChI is InChI=1S/C30H35N7O6/c1-2-3-15-43-30(42)36-13-11-35(12-14-36)28(39)22(9-10-31)33-27(38)23-16-24(34-26(32-23)19-7-5-4-6-8-19)37-17-20-21(18-37)25(20)29(40)41/h4-8,16,20-22,25H,2-3,9,11-15,17-18H2,1H3,(H,33,38)(H,40,41)/t20-,21+,22-,25-/m0/s1. The van der Waals surface area contributed by atoms with E-state index in [1.807, 2.05) is 48.2 Å². The Hall–Kier alpha value is -4.73. The molecule has 2 aromatic rings. The van der Waals surface area contributed by atoms with Crippen molar-refractivity contribution in [1.82, 2.24) is 25.1 Å². The zero-order chi connectivity index (χ0) is 30.5. The van der Waals surface area contributed by atoms with Crippen molar-refractivity contribution < 1.29 is 29.0 Å². The average Bonchev–Trinajstić information content (AvgIpc) is 3.54. The molecule has 2 saturated heterocycles. The van der Waals surface area contributed by atoms with E-state index in [1.165, 1.54) is 4.90 Å². The van der Waals surface area contributed by atoms with Gasteiger partial charge in [0.1, 0.15) is 17.6 Å². The Kier molecular flexibility index (Phi) is 9.04. The van der Waals surface area contributed by atoms with Gasteiger partial charge in [0.25, 0.3) is 5.91 Å². The Morgan fingerprint density at radius 1 is 1.07 bits per heavy atom. The van der Waals surface area contributed by atoms with Gasteiger partial charge in [-0.3, -0.25) is 14.4 Å². The van der Waals surface area contributed by atoms with Crippen LogP contribution in [0.4, 0.5) is 10.6 Å². The van der Waals surface area contributed by atoms with Crippen molar-refractivity contribution in [2.24, 2.45) is 17.8 Å². The maximum Gasteiger partial charge on any atom is 0.409 e. The lowest BCUT2D eigenvalue weighted by Gasteiger charge is -2.35. The van der Waals surface area contributed by atoms with Crippen LogP contribution >= 0.6 is 0 Å². The molecule has 43 heavy (non-hydrogen) atoms. The largest absolute Gasteiger partial charge is 0.481 e. The summed E-state index contributed by atoms with van der Waals surface area (Å²) in [6, 6.07) is 11.6. The third-order valence-electron chi connectivity index (χ3n) is 8.25. The van der Waals surface area contributed by atoms with E-state index in [0.717, 1.165) is 12.8 Å². The molecule has 13 heteroatoms. The number of hydrogen-bond acceptors (Lipinski definition) is 9. The Bertz CT molecular complexity index is 1390. The predicted octanol–water partition coefficient (Wildman–Crippen LogP) is 2.00. The number of hydrogen-bond donors (Lipinski definition) is 2. The van der Waals surface area contributed by atoms with Gasteiger partial charge in [-0.05, 0) is 18.3 Å². The van der Waals surface area contributed by atoms with Gasteiger partial charge in [-0.2, -0.15) is 5.26 Å². The van der Waals surface area contributed by atoms with Gasteiger partial charge in [-0.15, -0.1) is 0 Å². The number of unbranched alkanes of at least 4 members (excludes halogenated alkanes) is 1. The molecule has 1 aromatic heterocycles. The number of aromatic nitrogens is 2. The van der Waals surface area contributed by atoms with Crippen LogP contribution in [0.5, 0.6) is 0 Å². The number of amides is 3. The molecule has 4 atom stereocenters. The molecular weight excluding hydrogens is 554 g/mol. The summed E-state index contributed by atoms with van der Waals surface area (Å²) in [4.78, 5) is 64.8. The van der Waals surface area contributed by atoms with Crippen LogP contribution in [-0.4, -0.2) is 101 Å². The zero-order valence-electron chi connectivity index (χ0n) is 24.0. The minimum absolute atomic E-state index is 0.0367. The monoisotopic (exact) mass is 589 g/mol. The number of piperazine rings is 1. The molecule has 0 bridgehead atoms. The van der Waals surface area contributed by atoms with E-state index in [4.69, 9.17) is 4.74 Å².